The first-order valence-electron chi connectivity index (χ1n) is 9.14. The summed E-state index contributed by atoms with van der Waals surface area (Å²) < 4.78 is 29.4. The number of thiophene rings is 1. The second-order valence-electron chi connectivity index (χ2n) is 7.25. The van der Waals surface area contributed by atoms with Gasteiger partial charge >= 0.3 is 0 Å². The van der Waals surface area contributed by atoms with Crippen molar-refractivity contribution >= 4 is 43.2 Å². The molecule has 0 aromatic carbocycles. The lowest BCUT2D eigenvalue weighted by Crippen LogP contribution is -2.39. The van der Waals surface area contributed by atoms with Crippen molar-refractivity contribution in [2.75, 3.05) is 18.8 Å². The largest absolute Gasteiger partial charge is 0.397 e. The van der Waals surface area contributed by atoms with Gasteiger partial charge in [-0.15, -0.1) is 16.4 Å². The number of fused-ring (bicyclic) bond motifs is 1. The van der Waals surface area contributed by atoms with Crippen LogP contribution in [0.1, 0.15) is 27.3 Å². The highest BCUT2D eigenvalue weighted by atomic mass is 32.2. The van der Waals surface area contributed by atoms with Crippen molar-refractivity contribution < 1.29 is 13.2 Å². The van der Waals surface area contributed by atoms with Gasteiger partial charge in [-0.3, -0.25) is 4.79 Å². The molecule has 0 radical (unpaired) electrons. The van der Waals surface area contributed by atoms with Crippen LogP contribution in [0.2, 0.25) is 0 Å². The topological polar surface area (TPSA) is 123 Å². The number of aryl methyl sites for hydroxylation is 3. The normalized spacial score (nSPS) is 17.3. The summed E-state index contributed by atoms with van der Waals surface area (Å²) >= 11 is 1.22. The summed E-state index contributed by atoms with van der Waals surface area (Å²) in [4.78, 5) is 15.7. The highest BCUT2D eigenvalue weighted by Gasteiger charge is 2.33. The van der Waals surface area contributed by atoms with Gasteiger partial charge in [0.2, 0.25) is 0 Å². The van der Waals surface area contributed by atoms with Crippen molar-refractivity contribution in [2.45, 2.75) is 31.3 Å². The molecular formula is C18H22N6O3S2. The van der Waals surface area contributed by atoms with E-state index in [2.05, 4.69) is 14.9 Å². The Hall–Kier alpha value is -2.50. The minimum atomic E-state index is -3.65. The van der Waals surface area contributed by atoms with E-state index in [0.717, 1.165) is 16.6 Å². The zero-order valence-corrected chi connectivity index (χ0v) is 18.0. The van der Waals surface area contributed by atoms with Gasteiger partial charge in [0.25, 0.3) is 15.9 Å². The summed E-state index contributed by atoms with van der Waals surface area (Å²) in [6.07, 6.45) is 2.22. The third-order valence-electron chi connectivity index (χ3n) is 5.30. The smallest absolute Gasteiger partial charge is 0.266 e. The molecule has 3 N–H and O–H groups in total. The SMILES string of the molecule is Cc1nnc2sc(C(=O)N3CCC(NS(=O)(=O)c4cccn4C)C3)c(N)c2c1C. The summed E-state index contributed by atoms with van der Waals surface area (Å²) in [6, 6.07) is 2.87. The van der Waals surface area contributed by atoms with Crippen LogP contribution in [0.3, 0.4) is 0 Å². The number of sulfonamides is 1. The van der Waals surface area contributed by atoms with Gasteiger partial charge in [0.05, 0.1) is 11.4 Å². The number of carbonyl (C=O) groups is 1. The molecule has 29 heavy (non-hydrogen) atoms. The number of anilines is 1. The zero-order chi connectivity index (χ0) is 20.9. The van der Waals surface area contributed by atoms with E-state index in [4.69, 9.17) is 5.73 Å². The van der Waals surface area contributed by atoms with E-state index in [1.54, 1.807) is 34.8 Å². The number of nitrogen functional groups attached to an aromatic ring is 1. The molecule has 1 saturated heterocycles. The molecule has 154 valence electrons. The van der Waals surface area contributed by atoms with Crippen molar-refractivity contribution in [3.8, 4) is 0 Å². The molecule has 0 aliphatic carbocycles. The predicted molar refractivity (Wildman–Crippen MR) is 111 cm³/mol. The molecule has 0 bridgehead atoms. The summed E-state index contributed by atoms with van der Waals surface area (Å²) in [7, 11) is -1.97. The van der Waals surface area contributed by atoms with Crippen LogP contribution < -0.4 is 10.5 Å². The van der Waals surface area contributed by atoms with Gasteiger partial charge in [0, 0.05) is 37.8 Å². The van der Waals surface area contributed by atoms with Crippen LogP contribution in [-0.4, -0.2) is 53.1 Å². The molecule has 1 fully saturated rings. The first kappa shape index (κ1) is 19.8. The number of likely N-dealkylation sites (tertiary alicyclic amines) is 1. The average molecular weight is 435 g/mol. The second-order valence-corrected chi connectivity index (χ2v) is 9.91. The highest BCUT2D eigenvalue weighted by Crippen LogP contribution is 2.36. The highest BCUT2D eigenvalue weighted by molar-refractivity contribution is 7.89. The first-order chi connectivity index (χ1) is 13.7. The summed E-state index contributed by atoms with van der Waals surface area (Å²) in [6.45, 7) is 4.51. The van der Waals surface area contributed by atoms with Gasteiger partial charge in [0.15, 0.2) is 0 Å². The fourth-order valence-electron chi connectivity index (χ4n) is 3.59. The van der Waals surface area contributed by atoms with Gasteiger partial charge < -0.3 is 15.2 Å². The Balaban J connectivity index is 1.53. The van der Waals surface area contributed by atoms with Crippen LogP contribution in [0.5, 0.6) is 0 Å². The van der Waals surface area contributed by atoms with E-state index in [1.807, 2.05) is 13.8 Å². The Bertz CT molecular complexity index is 1210. The van der Waals surface area contributed by atoms with Crippen LogP contribution in [-0.2, 0) is 17.1 Å². The Morgan fingerprint density at radius 1 is 1.34 bits per heavy atom. The van der Waals surface area contributed by atoms with E-state index in [9.17, 15) is 13.2 Å². The van der Waals surface area contributed by atoms with E-state index in [1.165, 1.54) is 11.3 Å². The van der Waals surface area contributed by atoms with Crippen molar-refractivity contribution in [2.24, 2.45) is 7.05 Å². The molecule has 0 spiro atoms. The molecule has 3 aromatic heterocycles. The van der Waals surface area contributed by atoms with Gasteiger partial charge in [0.1, 0.15) is 14.7 Å². The number of nitrogens with one attached hydrogen (secondary N) is 1. The Morgan fingerprint density at radius 2 is 2.10 bits per heavy atom. The molecule has 1 aliphatic rings. The van der Waals surface area contributed by atoms with Crippen molar-refractivity contribution in [3.63, 3.8) is 0 Å². The average Bonchev–Trinajstić information content (AvgIpc) is 3.37. The molecule has 4 heterocycles. The standard InChI is InChI=1S/C18H22N6O3S2/c1-10-11(2)20-21-17-14(10)15(19)16(28-17)18(25)24-8-6-12(9-24)22-29(26,27)13-5-4-7-23(13)3/h4-5,7,12,22H,6,8-9,19H2,1-3H3. The molecular weight excluding hydrogens is 412 g/mol. The summed E-state index contributed by atoms with van der Waals surface area (Å²) in [5.41, 5.74) is 8.38. The van der Waals surface area contributed by atoms with Gasteiger partial charge in [-0.25, -0.2) is 13.1 Å². The number of nitrogens with two attached hydrogens (primary N) is 1. The maximum atomic E-state index is 13.1. The van der Waals surface area contributed by atoms with E-state index < -0.39 is 10.0 Å². The van der Waals surface area contributed by atoms with Gasteiger partial charge in [-0.1, -0.05) is 0 Å². The summed E-state index contributed by atoms with van der Waals surface area (Å²) in [5.74, 6) is -0.205. The molecule has 1 amide bonds. The van der Waals surface area contributed by atoms with Gasteiger partial charge in [-0.05, 0) is 38.0 Å². The second kappa shape index (κ2) is 7.08. The third-order valence-corrected chi connectivity index (χ3v) is 7.99. The van der Waals surface area contributed by atoms with Crippen LogP contribution in [0.25, 0.3) is 10.2 Å². The number of carbonyl (C=O) groups excluding carboxylic acids is 1. The fraction of sp³-hybridized carbons (Fsp3) is 0.389. The molecule has 9 nitrogen and oxygen atoms in total. The third kappa shape index (κ3) is 3.38. The number of rotatable bonds is 4. The zero-order valence-electron chi connectivity index (χ0n) is 16.3. The quantitative estimate of drug-likeness (QED) is 0.640. The molecule has 11 heteroatoms. The minimum Gasteiger partial charge on any atom is -0.397 e. The maximum Gasteiger partial charge on any atom is 0.266 e. The number of aromatic nitrogens is 3. The fourth-order valence-corrected chi connectivity index (χ4v) is 6.11. The van der Waals surface area contributed by atoms with E-state index >= 15 is 0 Å². The number of hydrogen-bond acceptors (Lipinski definition) is 7. The molecule has 1 aliphatic heterocycles. The van der Waals surface area contributed by atoms with Crippen molar-refractivity contribution in [3.05, 3.63) is 34.5 Å². The van der Waals surface area contributed by atoms with Crippen LogP contribution in [0, 0.1) is 13.8 Å². The van der Waals surface area contributed by atoms with Crippen molar-refractivity contribution in [1.82, 2.24) is 24.4 Å². The van der Waals surface area contributed by atoms with Crippen molar-refractivity contribution in [1.29, 1.82) is 0 Å². The first-order valence-corrected chi connectivity index (χ1v) is 11.4. The lowest BCUT2D eigenvalue weighted by atomic mass is 10.1. The Labute approximate surface area is 172 Å². The molecule has 3 aromatic rings. The Morgan fingerprint density at radius 3 is 2.79 bits per heavy atom. The molecule has 4 rings (SSSR count). The number of nitrogens with zero attached hydrogens (tertiary/aromatic N) is 4. The maximum absolute atomic E-state index is 13.1. The number of amides is 1. The number of hydrogen-bond donors (Lipinski definition) is 2. The summed E-state index contributed by atoms with van der Waals surface area (Å²) in [5, 5.41) is 9.22. The van der Waals surface area contributed by atoms with Gasteiger partial charge in [-0.2, -0.15) is 5.10 Å². The molecule has 1 atom stereocenters. The van der Waals surface area contributed by atoms with E-state index in [0.29, 0.717) is 34.9 Å². The monoisotopic (exact) mass is 434 g/mol. The predicted octanol–water partition coefficient (Wildman–Crippen LogP) is 1.42. The molecule has 1 unspecified atom stereocenters. The minimum absolute atomic E-state index is 0.195. The lowest BCUT2D eigenvalue weighted by Gasteiger charge is -2.17. The van der Waals surface area contributed by atoms with Crippen LogP contribution >= 0.6 is 11.3 Å². The Kier molecular flexibility index (Phi) is 4.83. The molecule has 0 saturated carbocycles. The van der Waals surface area contributed by atoms with Crippen LogP contribution in [0.4, 0.5) is 5.69 Å². The lowest BCUT2D eigenvalue weighted by molar-refractivity contribution is 0.0796. The van der Waals surface area contributed by atoms with E-state index in [-0.39, 0.29) is 17.0 Å². The van der Waals surface area contributed by atoms with Crippen LogP contribution in [0.15, 0.2) is 23.4 Å².